The number of amides is 3. The molecule has 4 aromatic rings. The Morgan fingerprint density at radius 2 is 1.62 bits per heavy atom. The predicted octanol–water partition coefficient (Wildman–Crippen LogP) is 4.94. The van der Waals surface area contributed by atoms with Crippen molar-refractivity contribution in [3.63, 3.8) is 0 Å². The zero-order valence-corrected chi connectivity index (χ0v) is 22.7. The van der Waals surface area contributed by atoms with Crippen LogP contribution in [0.4, 0.5) is 0 Å². The lowest BCUT2D eigenvalue weighted by Gasteiger charge is -2.28. The van der Waals surface area contributed by atoms with Crippen LogP contribution in [0.1, 0.15) is 35.7 Å². The summed E-state index contributed by atoms with van der Waals surface area (Å²) in [5.41, 5.74) is 3.22. The first-order chi connectivity index (χ1) is 19.4. The molecule has 1 heterocycles. The minimum atomic E-state index is -0.834. The van der Waals surface area contributed by atoms with Gasteiger partial charge in [-0.1, -0.05) is 66.7 Å². The molecule has 0 radical (unpaired) electrons. The Hall–Kier alpha value is -4.65. The molecule has 7 heteroatoms. The lowest BCUT2D eigenvalue weighted by Crippen LogP contribution is -2.48. The molecule has 0 aliphatic carbocycles. The fourth-order valence-corrected chi connectivity index (χ4v) is 5.07. The van der Waals surface area contributed by atoms with Crippen LogP contribution in [0, 0.1) is 0 Å². The van der Waals surface area contributed by atoms with E-state index < -0.39 is 6.04 Å². The van der Waals surface area contributed by atoms with E-state index >= 15 is 0 Å². The van der Waals surface area contributed by atoms with Gasteiger partial charge in [-0.3, -0.25) is 14.4 Å². The Balaban J connectivity index is 1.42. The topological polar surface area (TPSA) is 87.7 Å². The van der Waals surface area contributed by atoms with E-state index in [1.807, 2.05) is 91.9 Å². The van der Waals surface area contributed by atoms with E-state index in [1.165, 1.54) is 4.90 Å². The minimum Gasteiger partial charge on any atom is -0.491 e. The van der Waals surface area contributed by atoms with Crippen LogP contribution in [0.3, 0.4) is 0 Å². The number of hydrogen-bond donors (Lipinski definition) is 2. The molecule has 2 N–H and O–H groups in total. The van der Waals surface area contributed by atoms with Crippen molar-refractivity contribution in [2.75, 3.05) is 13.7 Å². The van der Waals surface area contributed by atoms with Gasteiger partial charge in [-0.15, -0.1) is 0 Å². The summed E-state index contributed by atoms with van der Waals surface area (Å²) in [4.78, 5) is 41.4. The molecular weight excluding hydrogens is 502 g/mol. The molecule has 0 saturated heterocycles. The van der Waals surface area contributed by atoms with E-state index in [4.69, 9.17) is 4.74 Å². The monoisotopic (exact) mass is 535 g/mol. The molecule has 7 nitrogen and oxygen atoms in total. The van der Waals surface area contributed by atoms with Crippen molar-refractivity contribution in [1.82, 2.24) is 15.5 Å². The first-order valence-corrected chi connectivity index (χ1v) is 13.5. The highest BCUT2D eigenvalue weighted by molar-refractivity contribution is 5.98. The maximum absolute atomic E-state index is 13.6. The highest BCUT2D eigenvalue weighted by atomic mass is 16.5. The number of nitrogens with one attached hydrogen (secondary N) is 2. The van der Waals surface area contributed by atoms with Gasteiger partial charge in [0.2, 0.25) is 11.8 Å². The van der Waals surface area contributed by atoms with Gasteiger partial charge in [0, 0.05) is 25.6 Å². The summed E-state index contributed by atoms with van der Waals surface area (Å²) in [6, 6.07) is 27.9. The molecule has 40 heavy (non-hydrogen) atoms. The number of fused-ring (bicyclic) bond motifs is 6. The number of benzene rings is 4. The number of carbonyl (C=O) groups is 3. The zero-order chi connectivity index (χ0) is 28.1. The van der Waals surface area contributed by atoms with Gasteiger partial charge >= 0.3 is 0 Å². The van der Waals surface area contributed by atoms with E-state index in [0.717, 1.165) is 27.5 Å². The third-order valence-electron chi connectivity index (χ3n) is 7.25. The summed E-state index contributed by atoms with van der Waals surface area (Å²) >= 11 is 0. The van der Waals surface area contributed by atoms with Gasteiger partial charge in [0.25, 0.3) is 5.91 Å². The van der Waals surface area contributed by atoms with Crippen LogP contribution in [-0.2, 0) is 16.1 Å². The molecule has 4 bridgehead atoms. The summed E-state index contributed by atoms with van der Waals surface area (Å²) in [7, 11) is 1.62. The lowest BCUT2D eigenvalue weighted by atomic mass is 10.0. The summed E-state index contributed by atoms with van der Waals surface area (Å²) in [5, 5.41) is 8.10. The average Bonchev–Trinajstić information content (AvgIpc) is 2.98. The van der Waals surface area contributed by atoms with Gasteiger partial charge in [0.15, 0.2) is 0 Å². The first-order valence-electron chi connectivity index (χ1n) is 13.5. The van der Waals surface area contributed by atoms with Crippen LogP contribution < -0.4 is 15.4 Å². The SMILES string of the molecule is C[C@H]1COc2cccc(c2)-c2cccc(c2)C(=O)N(C)[C@H](C(=O)NCc2cccc3ccccc23)CCC(=O)N1. The van der Waals surface area contributed by atoms with Crippen molar-refractivity contribution in [1.29, 1.82) is 0 Å². The van der Waals surface area contributed by atoms with Crippen molar-refractivity contribution in [2.45, 2.75) is 38.4 Å². The number of nitrogens with zero attached hydrogens (tertiary/aromatic N) is 1. The van der Waals surface area contributed by atoms with E-state index in [1.54, 1.807) is 13.1 Å². The van der Waals surface area contributed by atoms with Gasteiger partial charge in [0.1, 0.15) is 18.4 Å². The minimum absolute atomic E-state index is 0.0871. The van der Waals surface area contributed by atoms with Crippen molar-refractivity contribution < 1.29 is 19.1 Å². The molecule has 0 aromatic heterocycles. The first kappa shape index (κ1) is 26.9. The second-order valence-corrected chi connectivity index (χ2v) is 10.2. The quantitative estimate of drug-likeness (QED) is 0.389. The molecule has 0 saturated carbocycles. The van der Waals surface area contributed by atoms with Crippen molar-refractivity contribution in [2.24, 2.45) is 0 Å². The molecule has 5 rings (SSSR count). The molecule has 1 aliphatic rings. The lowest BCUT2D eigenvalue weighted by molar-refractivity contribution is -0.126. The Labute approximate surface area is 234 Å². The van der Waals surface area contributed by atoms with E-state index in [0.29, 0.717) is 24.5 Å². The average molecular weight is 536 g/mol. The standard InChI is InChI=1S/C33H33N3O4/c1-22-21-40-28-14-7-11-25(19-28)24-10-6-12-26(18-24)33(39)36(2)30(16-17-31(37)35-22)32(38)34-20-27-13-5-9-23-8-3-4-15-29(23)27/h3-15,18-19,22,30H,16-17,20-21H2,1-2H3,(H,34,38)(H,35,37)/t22-,30-/m0/s1. The molecule has 2 atom stereocenters. The van der Waals surface area contributed by atoms with Gasteiger partial charge in [-0.25, -0.2) is 0 Å². The van der Waals surface area contributed by atoms with Gasteiger partial charge < -0.3 is 20.3 Å². The second-order valence-electron chi connectivity index (χ2n) is 10.2. The second kappa shape index (κ2) is 12.0. The maximum Gasteiger partial charge on any atom is 0.254 e. The number of ether oxygens (including phenoxy) is 1. The maximum atomic E-state index is 13.6. The Bertz CT molecular complexity index is 1540. The predicted molar refractivity (Wildman–Crippen MR) is 156 cm³/mol. The fraction of sp³-hybridized carbons (Fsp3) is 0.242. The number of likely N-dealkylation sites (N-methyl/N-ethyl adjacent to an activating group) is 1. The van der Waals surface area contributed by atoms with Crippen molar-refractivity contribution >= 4 is 28.5 Å². The van der Waals surface area contributed by atoms with Gasteiger partial charge in [-0.05, 0) is 65.1 Å². The van der Waals surface area contributed by atoms with Crippen LogP contribution >= 0.6 is 0 Å². The third-order valence-corrected chi connectivity index (χ3v) is 7.25. The molecule has 0 unspecified atom stereocenters. The molecule has 0 spiro atoms. The zero-order valence-electron chi connectivity index (χ0n) is 22.7. The van der Waals surface area contributed by atoms with Crippen LogP contribution in [0.15, 0.2) is 91.0 Å². The van der Waals surface area contributed by atoms with E-state index in [2.05, 4.69) is 10.6 Å². The summed E-state index contributed by atoms with van der Waals surface area (Å²) in [5.74, 6) is -0.118. The number of rotatable bonds is 3. The highest BCUT2D eigenvalue weighted by Crippen LogP contribution is 2.26. The van der Waals surface area contributed by atoms with Gasteiger partial charge in [-0.2, -0.15) is 0 Å². The normalized spacial score (nSPS) is 18.1. The summed E-state index contributed by atoms with van der Waals surface area (Å²) in [6.07, 6.45) is 0.269. The molecule has 0 fully saturated rings. The number of carbonyl (C=O) groups excluding carboxylic acids is 3. The van der Waals surface area contributed by atoms with Crippen LogP contribution in [0.25, 0.3) is 21.9 Å². The molecule has 4 aromatic carbocycles. The molecular formula is C33H33N3O4. The van der Waals surface area contributed by atoms with E-state index in [-0.39, 0.29) is 36.6 Å². The van der Waals surface area contributed by atoms with Crippen LogP contribution in [0.2, 0.25) is 0 Å². The molecule has 1 aliphatic heterocycles. The summed E-state index contributed by atoms with van der Waals surface area (Å²) < 4.78 is 5.93. The molecule has 204 valence electrons. The van der Waals surface area contributed by atoms with Crippen molar-refractivity contribution in [3.05, 3.63) is 102 Å². The largest absolute Gasteiger partial charge is 0.491 e. The van der Waals surface area contributed by atoms with Gasteiger partial charge in [0.05, 0.1) is 6.04 Å². The Kier molecular flexibility index (Phi) is 8.10. The van der Waals surface area contributed by atoms with Crippen LogP contribution in [0.5, 0.6) is 5.75 Å². The van der Waals surface area contributed by atoms with E-state index in [9.17, 15) is 14.4 Å². The van der Waals surface area contributed by atoms with Crippen LogP contribution in [-0.4, -0.2) is 48.4 Å². The fourth-order valence-electron chi connectivity index (χ4n) is 5.07. The molecule has 3 amide bonds. The highest BCUT2D eigenvalue weighted by Gasteiger charge is 2.29. The Morgan fingerprint density at radius 3 is 2.48 bits per heavy atom. The Morgan fingerprint density at radius 1 is 0.925 bits per heavy atom. The van der Waals surface area contributed by atoms with Crippen molar-refractivity contribution in [3.8, 4) is 16.9 Å². The number of hydrogen-bond acceptors (Lipinski definition) is 4. The summed E-state index contributed by atoms with van der Waals surface area (Å²) in [6.45, 7) is 2.49. The smallest absolute Gasteiger partial charge is 0.254 e. The third kappa shape index (κ3) is 6.15.